The smallest absolute Gasteiger partial charge is 0.187 e. The third-order valence-corrected chi connectivity index (χ3v) is 1.92. The molecule has 0 aliphatic rings. The van der Waals surface area contributed by atoms with Crippen LogP contribution in [0.5, 0.6) is 0 Å². The van der Waals surface area contributed by atoms with E-state index < -0.39 is 0 Å². The lowest BCUT2D eigenvalue weighted by atomic mass is 10.1. The summed E-state index contributed by atoms with van der Waals surface area (Å²) in [5, 5.41) is 11.5. The minimum Gasteiger partial charge on any atom is -0.395 e. The van der Waals surface area contributed by atoms with Gasteiger partial charge in [0.1, 0.15) is 0 Å². The van der Waals surface area contributed by atoms with E-state index in [1.807, 2.05) is 18.2 Å². The van der Waals surface area contributed by atoms with Gasteiger partial charge in [0.25, 0.3) is 0 Å². The van der Waals surface area contributed by atoms with E-state index in [0.29, 0.717) is 12.1 Å². The van der Waals surface area contributed by atoms with Crippen LogP contribution in [0.2, 0.25) is 0 Å². The van der Waals surface area contributed by atoms with Crippen molar-refractivity contribution >= 4 is 5.78 Å². The number of benzene rings is 1. The summed E-state index contributed by atoms with van der Waals surface area (Å²) in [5.74, 6) is -0.0291. The maximum absolute atomic E-state index is 11.6. The third-order valence-electron chi connectivity index (χ3n) is 1.92. The number of aliphatic hydroxyl groups is 1. The van der Waals surface area contributed by atoms with Crippen molar-refractivity contribution in [1.82, 2.24) is 5.32 Å². The van der Waals surface area contributed by atoms with Crippen molar-refractivity contribution in [1.29, 1.82) is 0 Å². The van der Waals surface area contributed by atoms with E-state index in [1.54, 1.807) is 19.1 Å². The van der Waals surface area contributed by atoms with E-state index >= 15 is 0 Å². The SMILES string of the molecule is C/C(=C\C(=O)c1ccccc1)NCCO. The molecule has 0 heterocycles. The predicted octanol–water partition coefficient (Wildman–Crippen LogP) is 1.35. The molecule has 2 N–H and O–H groups in total. The Balaban J connectivity index is 2.62. The second kappa shape index (κ2) is 5.98. The van der Waals surface area contributed by atoms with Gasteiger partial charge in [-0.05, 0) is 6.92 Å². The first kappa shape index (κ1) is 11.5. The Morgan fingerprint density at radius 2 is 2.07 bits per heavy atom. The van der Waals surface area contributed by atoms with Crippen LogP contribution in [0.15, 0.2) is 42.1 Å². The van der Waals surface area contributed by atoms with Gasteiger partial charge in [-0.1, -0.05) is 30.3 Å². The van der Waals surface area contributed by atoms with Crippen molar-refractivity contribution in [2.24, 2.45) is 0 Å². The molecule has 0 aliphatic carbocycles. The summed E-state index contributed by atoms with van der Waals surface area (Å²) in [5.41, 5.74) is 1.43. The van der Waals surface area contributed by atoms with Crippen LogP contribution in [0.4, 0.5) is 0 Å². The van der Waals surface area contributed by atoms with Gasteiger partial charge in [-0.25, -0.2) is 0 Å². The highest BCUT2D eigenvalue weighted by molar-refractivity contribution is 6.04. The second-order valence-electron chi connectivity index (χ2n) is 3.21. The van der Waals surface area contributed by atoms with Gasteiger partial charge in [0.05, 0.1) is 6.61 Å². The Bertz CT molecular complexity index is 344. The maximum Gasteiger partial charge on any atom is 0.187 e. The van der Waals surface area contributed by atoms with Gasteiger partial charge in [-0.15, -0.1) is 0 Å². The molecule has 0 atom stereocenters. The molecule has 3 nitrogen and oxygen atoms in total. The number of rotatable bonds is 5. The summed E-state index contributed by atoms with van der Waals surface area (Å²) in [7, 11) is 0. The largest absolute Gasteiger partial charge is 0.395 e. The van der Waals surface area contributed by atoms with Crippen LogP contribution < -0.4 is 5.32 Å². The molecule has 0 saturated heterocycles. The Kier molecular flexibility index (Phi) is 4.57. The number of carbonyl (C=O) groups excluding carboxylic acids is 1. The number of nitrogens with one attached hydrogen (secondary N) is 1. The van der Waals surface area contributed by atoms with E-state index in [-0.39, 0.29) is 12.4 Å². The average molecular weight is 205 g/mol. The molecule has 0 aromatic heterocycles. The molecule has 0 amide bonds. The third kappa shape index (κ3) is 3.95. The fourth-order valence-electron chi connectivity index (χ4n) is 1.19. The minimum absolute atomic E-state index is 0.0291. The highest BCUT2D eigenvalue weighted by Crippen LogP contribution is 2.02. The number of hydrogen-bond acceptors (Lipinski definition) is 3. The Morgan fingerprint density at radius 1 is 1.40 bits per heavy atom. The highest BCUT2D eigenvalue weighted by atomic mass is 16.3. The monoisotopic (exact) mass is 205 g/mol. The van der Waals surface area contributed by atoms with Crippen LogP contribution in [0.3, 0.4) is 0 Å². The minimum atomic E-state index is -0.0291. The zero-order valence-corrected chi connectivity index (χ0v) is 8.73. The van der Waals surface area contributed by atoms with Crippen molar-refractivity contribution in [3.05, 3.63) is 47.7 Å². The van der Waals surface area contributed by atoms with Crippen LogP contribution in [0.25, 0.3) is 0 Å². The summed E-state index contributed by atoms with van der Waals surface area (Å²) in [6.07, 6.45) is 1.53. The predicted molar refractivity (Wildman–Crippen MR) is 59.6 cm³/mol. The number of aliphatic hydroxyl groups excluding tert-OH is 1. The Morgan fingerprint density at radius 3 is 2.67 bits per heavy atom. The van der Waals surface area contributed by atoms with Crippen LogP contribution in [0, 0.1) is 0 Å². The topological polar surface area (TPSA) is 49.3 Å². The van der Waals surface area contributed by atoms with Gasteiger partial charge in [-0.2, -0.15) is 0 Å². The first-order chi connectivity index (χ1) is 7.24. The van der Waals surface area contributed by atoms with E-state index in [4.69, 9.17) is 5.11 Å². The lowest BCUT2D eigenvalue weighted by molar-refractivity contribution is 0.104. The molecular formula is C12H15NO2. The fourth-order valence-corrected chi connectivity index (χ4v) is 1.19. The van der Waals surface area contributed by atoms with Crippen molar-refractivity contribution in [3.63, 3.8) is 0 Å². The molecule has 15 heavy (non-hydrogen) atoms. The van der Waals surface area contributed by atoms with Crippen LogP contribution in [-0.2, 0) is 0 Å². The molecule has 0 fully saturated rings. The molecule has 0 bridgehead atoms. The normalized spacial score (nSPS) is 11.2. The summed E-state index contributed by atoms with van der Waals surface area (Å²) < 4.78 is 0. The van der Waals surface area contributed by atoms with Crippen molar-refractivity contribution in [2.45, 2.75) is 6.92 Å². The molecule has 0 radical (unpaired) electrons. The van der Waals surface area contributed by atoms with E-state index in [9.17, 15) is 4.79 Å². The second-order valence-corrected chi connectivity index (χ2v) is 3.21. The quantitative estimate of drug-likeness (QED) is 0.563. The van der Waals surface area contributed by atoms with E-state index in [0.717, 1.165) is 5.70 Å². The van der Waals surface area contributed by atoms with Crippen LogP contribution in [-0.4, -0.2) is 24.0 Å². The first-order valence-electron chi connectivity index (χ1n) is 4.86. The van der Waals surface area contributed by atoms with Gasteiger partial charge in [0.15, 0.2) is 5.78 Å². The standard InChI is InChI=1S/C12H15NO2/c1-10(13-7-8-14)9-12(15)11-5-3-2-4-6-11/h2-6,9,13-14H,7-8H2,1H3/b10-9+. The Labute approximate surface area is 89.4 Å². The average Bonchev–Trinajstić information content (AvgIpc) is 2.27. The number of ketones is 1. The summed E-state index contributed by atoms with van der Waals surface area (Å²) in [4.78, 5) is 11.6. The lowest BCUT2D eigenvalue weighted by Gasteiger charge is -2.03. The lowest BCUT2D eigenvalue weighted by Crippen LogP contribution is -2.16. The van der Waals surface area contributed by atoms with Crippen molar-refractivity contribution in [3.8, 4) is 0 Å². The van der Waals surface area contributed by atoms with E-state index in [1.165, 1.54) is 6.08 Å². The molecule has 1 aromatic rings. The number of allylic oxidation sites excluding steroid dienone is 2. The molecule has 0 unspecified atom stereocenters. The van der Waals surface area contributed by atoms with Gasteiger partial charge >= 0.3 is 0 Å². The molecular weight excluding hydrogens is 190 g/mol. The first-order valence-corrected chi connectivity index (χ1v) is 4.86. The number of carbonyl (C=O) groups is 1. The molecule has 1 aromatic carbocycles. The fraction of sp³-hybridized carbons (Fsp3) is 0.250. The summed E-state index contributed by atoms with van der Waals surface area (Å²) in [6, 6.07) is 9.09. The summed E-state index contributed by atoms with van der Waals surface area (Å²) in [6.45, 7) is 2.33. The van der Waals surface area contributed by atoms with Crippen molar-refractivity contribution < 1.29 is 9.90 Å². The Hall–Kier alpha value is -1.61. The molecule has 3 heteroatoms. The van der Waals surface area contributed by atoms with Crippen molar-refractivity contribution in [2.75, 3.05) is 13.2 Å². The van der Waals surface area contributed by atoms with E-state index in [2.05, 4.69) is 5.32 Å². The molecule has 0 aliphatic heterocycles. The summed E-state index contributed by atoms with van der Waals surface area (Å²) >= 11 is 0. The maximum atomic E-state index is 11.6. The van der Waals surface area contributed by atoms with Crippen LogP contribution in [0.1, 0.15) is 17.3 Å². The molecule has 0 saturated carbocycles. The molecule has 1 rings (SSSR count). The van der Waals surface area contributed by atoms with Gasteiger partial charge in [-0.3, -0.25) is 4.79 Å². The number of hydrogen-bond donors (Lipinski definition) is 2. The highest BCUT2D eigenvalue weighted by Gasteiger charge is 2.00. The van der Waals surface area contributed by atoms with Gasteiger partial charge < -0.3 is 10.4 Å². The van der Waals surface area contributed by atoms with Gasteiger partial charge in [0.2, 0.25) is 0 Å². The zero-order valence-electron chi connectivity index (χ0n) is 8.73. The van der Waals surface area contributed by atoms with Gasteiger partial charge in [0, 0.05) is 23.9 Å². The molecule has 80 valence electrons. The molecule has 0 spiro atoms. The van der Waals surface area contributed by atoms with Crippen LogP contribution >= 0.6 is 0 Å². The zero-order chi connectivity index (χ0) is 11.1.